The molecule has 1 aliphatic heterocycles. The van der Waals surface area contributed by atoms with Gasteiger partial charge in [0.25, 0.3) is 0 Å². The number of likely N-dealkylation sites (tertiary alicyclic amines) is 1. The fourth-order valence-corrected chi connectivity index (χ4v) is 4.28. The summed E-state index contributed by atoms with van der Waals surface area (Å²) >= 11 is 7.47. The van der Waals surface area contributed by atoms with Crippen LogP contribution >= 0.6 is 23.4 Å². The van der Waals surface area contributed by atoms with Crippen LogP contribution in [0.5, 0.6) is 5.75 Å². The Balaban J connectivity index is 1.66. The quantitative estimate of drug-likeness (QED) is 0.547. The van der Waals surface area contributed by atoms with E-state index in [1.807, 2.05) is 58.0 Å². The number of nitrogens with zero attached hydrogens (tertiary/aromatic N) is 4. The van der Waals surface area contributed by atoms with Gasteiger partial charge in [-0.05, 0) is 61.4 Å². The summed E-state index contributed by atoms with van der Waals surface area (Å²) in [5, 5.41) is 10.1. The van der Waals surface area contributed by atoms with Crippen molar-refractivity contribution in [2.24, 2.45) is 0 Å². The standard InChI is InChI=1S/C21H21ClN4O2S/c1-28-18-10-4-15(5-11-18)20-23-24-21(26(20)17-8-6-16(22)7-9-17)29-14-19(27)25-12-2-3-13-25/h4-11H,2-3,12-14H2,1H3. The van der Waals surface area contributed by atoms with Gasteiger partial charge in [0.1, 0.15) is 5.75 Å². The van der Waals surface area contributed by atoms with Crippen molar-refractivity contribution in [3.63, 3.8) is 0 Å². The largest absolute Gasteiger partial charge is 0.497 e. The monoisotopic (exact) mass is 428 g/mol. The number of methoxy groups -OCH3 is 1. The average molecular weight is 429 g/mol. The van der Waals surface area contributed by atoms with Crippen LogP contribution in [0.3, 0.4) is 0 Å². The molecule has 0 saturated carbocycles. The molecule has 4 rings (SSSR count). The molecule has 1 amide bonds. The van der Waals surface area contributed by atoms with Crippen molar-refractivity contribution in [2.45, 2.75) is 18.0 Å². The SMILES string of the molecule is COc1ccc(-c2nnc(SCC(=O)N3CCCC3)n2-c2ccc(Cl)cc2)cc1. The fourth-order valence-electron chi connectivity index (χ4n) is 3.30. The Morgan fingerprint density at radius 1 is 1.07 bits per heavy atom. The van der Waals surface area contributed by atoms with Gasteiger partial charge >= 0.3 is 0 Å². The summed E-state index contributed by atoms with van der Waals surface area (Å²) in [6.07, 6.45) is 2.16. The molecule has 150 valence electrons. The summed E-state index contributed by atoms with van der Waals surface area (Å²) in [4.78, 5) is 14.4. The molecule has 8 heteroatoms. The number of thioether (sulfide) groups is 1. The molecule has 2 aromatic carbocycles. The number of benzene rings is 2. The molecule has 0 N–H and O–H groups in total. The number of hydrogen-bond acceptors (Lipinski definition) is 5. The molecule has 0 atom stereocenters. The van der Waals surface area contributed by atoms with E-state index in [4.69, 9.17) is 16.3 Å². The van der Waals surface area contributed by atoms with Crippen molar-refractivity contribution in [3.8, 4) is 22.8 Å². The Morgan fingerprint density at radius 3 is 2.41 bits per heavy atom. The third-order valence-electron chi connectivity index (χ3n) is 4.85. The number of ether oxygens (including phenoxy) is 1. The first-order valence-corrected chi connectivity index (χ1v) is 10.8. The fraction of sp³-hybridized carbons (Fsp3) is 0.286. The number of halogens is 1. The maximum atomic E-state index is 12.5. The van der Waals surface area contributed by atoms with Gasteiger partial charge in [-0.2, -0.15) is 0 Å². The molecule has 2 heterocycles. The molecule has 6 nitrogen and oxygen atoms in total. The third-order valence-corrected chi connectivity index (χ3v) is 6.02. The average Bonchev–Trinajstić information content (AvgIpc) is 3.43. The van der Waals surface area contributed by atoms with Gasteiger partial charge in [-0.3, -0.25) is 9.36 Å². The van der Waals surface area contributed by atoms with Crippen LogP contribution in [0.1, 0.15) is 12.8 Å². The first-order chi connectivity index (χ1) is 14.2. The van der Waals surface area contributed by atoms with Crippen molar-refractivity contribution >= 4 is 29.3 Å². The molecule has 3 aromatic rings. The van der Waals surface area contributed by atoms with E-state index in [9.17, 15) is 4.79 Å². The number of amides is 1. The zero-order chi connectivity index (χ0) is 20.2. The molecule has 0 radical (unpaired) electrons. The zero-order valence-corrected chi connectivity index (χ0v) is 17.6. The van der Waals surface area contributed by atoms with Gasteiger partial charge in [0.05, 0.1) is 12.9 Å². The molecule has 0 bridgehead atoms. The minimum absolute atomic E-state index is 0.143. The lowest BCUT2D eigenvalue weighted by atomic mass is 10.2. The maximum Gasteiger partial charge on any atom is 0.233 e. The second kappa shape index (κ2) is 8.88. The number of rotatable bonds is 6. The van der Waals surface area contributed by atoms with E-state index in [-0.39, 0.29) is 5.91 Å². The number of aromatic nitrogens is 3. The van der Waals surface area contributed by atoms with Crippen molar-refractivity contribution in [3.05, 3.63) is 53.6 Å². The highest BCUT2D eigenvalue weighted by Crippen LogP contribution is 2.30. The van der Waals surface area contributed by atoms with Crippen LogP contribution in [0, 0.1) is 0 Å². The Bertz CT molecular complexity index is 983. The predicted octanol–water partition coefficient (Wildman–Crippen LogP) is 4.31. The highest BCUT2D eigenvalue weighted by atomic mass is 35.5. The molecule has 1 saturated heterocycles. The van der Waals surface area contributed by atoms with E-state index in [0.29, 0.717) is 21.8 Å². The van der Waals surface area contributed by atoms with E-state index in [2.05, 4.69) is 10.2 Å². The second-order valence-electron chi connectivity index (χ2n) is 6.72. The lowest BCUT2D eigenvalue weighted by Crippen LogP contribution is -2.29. The third kappa shape index (κ3) is 4.41. The lowest BCUT2D eigenvalue weighted by Gasteiger charge is -2.15. The Morgan fingerprint density at radius 2 is 1.76 bits per heavy atom. The van der Waals surface area contributed by atoms with E-state index in [1.54, 1.807) is 7.11 Å². The minimum atomic E-state index is 0.143. The molecule has 29 heavy (non-hydrogen) atoms. The van der Waals surface area contributed by atoms with Crippen LogP contribution < -0.4 is 4.74 Å². The van der Waals surface area contributed by atoms with E-state index in [1.165, 1.54) is 11.8 Å². The van der Waals surface area contributed by atoms with Crippen LogP contribution in [0.4, 0.5) is 0 Å². The molecule has 1 fully saturated rings. The molecule has 0 unspecified atom stereocenters. The second-order valence-corrected chi connectivity index (χ2v) is 8.10. The molecule has 0 spiro atoms. The van der Waals surface area contributed by atoms with Gasteiger partial charge in [0, 0.05) is 29.4 Å². The van der Waals surface area contributed by atoms with Crippen molar-refractivity contribution in [1.29, 1.82) is 0 Å². The van der Waals surface area contributed by atoms with Gasteiger partial charge in [0.2, 0.25) is 5.91 Å². The van der Waals surface area contributed by atoms with Gasteiger partial charge in [-0.15, -0.1) is 10.2 Å². The molecule has 1 aromatic heterocycles. The van der Waals surface area contributed by atoms with Crippen LogP contribution in [0.2, 0.25) is 5.02 Å². The summed E-state index contributed by atoms with van der Waals surface area (Å²) in [5.74, 6) is 1.96. The topological polar surface area (TPSA) is 60.3 Å². The highest BCUT2D eigenvalue weighted by Gasteiger charge is 2.21. The summed E-state index contributed by atoms with van der Waals surface area (Å²) in [7, 11) is 1.64. The first-order valence-electron chi connectivity index (χ1n) is 9.42. The number of carbonyl (C=O) groups excluding carboxylic acids is 1. The van der Waals surface area contributed by atoms with Crippen LogP contribution in [-0.2, 0) is 4.79 Å². The van der Waals surface area contributed by atoms with Crippen LogP contribution in [-0.4, -0.2) is 51.5 Å². The smallest absolute Gasteiger partial charge is 0.233 e. The molecule has 1 aliphatic rings. The van der Waals surface area contributed by atoms with Crippen LogP contribution in [0.25, 0.3) is 17.1 Å². The first kappa shape index (κ1) is 19.8. The van der Waals surface area contributed by atoms with Crippen molar-refractivity contribution < 1.29 is 9.53 Å². The molecular weight excluding hydrogens is 408 g/mol. The number of carbonyl (C=O) groups is 1. The number of hydrogen-bond donors (Lipinski definition) is 0. The van der Waals surface area contributed by atoms with Crippen LogP contribution in [0.15, 0.2) is 53.7 Å². The Kier molecular flexibility index (Phi) is 6.06. The van der Waals surface area contributed by atoms with Gasteiger partial charge in [0.15, 0.2) is 11.0 Å². The van der Waals surface area contributed by atoms with E-state index < -0.39 is 0 Å². The van der Waals surface area contributed by atoms with Gasteiger partial charge < -0.3 is 9.64 Å². The lowest BCUT2D eigenvalue weighted by molar-refractivity contribution is -0.127. The summed E-state index contributed by atoms with van der Waals surface area (Å²) in [5.41, 5.74) is 1.80. The zero-order valence-electron chi connectivity index (χ0n) is 16.0. The van der Waals surface area contributed by atoms with E-state index in [0.717, 1.165) is 42.9 Å². The normalized spacial score (nSPS) is 13.7. The summed E-state index contributed by atoms with van der Waals surface area (Å²) in [6, 6.07) is 15.2. The summed E-state index contributed by atoms with van der Waals surface area (Å²) < 4.78 is 7.21. The summed E-state index contributed by atoms with van der Waals surface area (Å²) in [6.45, 7) is 1.70. The van der Waals surface area contributed by atoms with Gasteiger partial charge in [-0.25, -0.2) is 0 Å². The van der Waals surface area contributed by atoms with Crippen molar-refractivity contribution in [2.75, 3.05) is 26.0 Å². The van der Waals surface area contributed by atoms with E-state index >= 15 is 0 Å². The predicted molar refractivity (Wildman–Crippen MR) is 115 cm³/mol. The van der Waals surface area contributed by atoms with Gasteiger partial charge in [-0.1, -0.05) is 23.4 Å². The Hall–Kier alpha value is -2.51. The Labute approximate surface area is 178 Å². The minimum Gasteiger partial charge on any atom is -0.497 e. The molecule has 0 aliphatic carbocycles. The molecular formula is C21H21ClN4O2S. The van der Waals surface area contributed by atoms with Crippen molar-refractivity contribution in [1.82, 2.24) is 19.7 Å². The maximum absolute atomic E-state index is 12.5. The highest BCUT2D eigenvalue weighted by molar-refractivity contribution is 7.99.